The molecule has 0 spiro atoms. The van der Waals surface area contributed by atoms with E-state index in [2.05, 4.69) is 20.1 Å². The summed E-state index contributed by atoms with van der Waals surface area (Å²) >= 11 is 0. The molecule has 0 unspecified atom stereocenters. The number of hydrogen-bond acceptors (Lipinski definition) is 5. The second-order valence-corrected chi connectivity index (χ2v) is 3.70. The van der Waals surface area contributed by atoms with Crippen LogP contribution in [0.5, 0.6) is 6.01 Å². The smallest absolute Gasteiger partial charge is 0.337 e. The lowest BCUT2D eigenvalue weighted by Crippen LogP contribution is -2.40. The fourth-order valence-electron chi connectivity index (χ4n) is 1.68. The summed E-state index contributed by atoms with van der Waals surface area (Å²) in [5.74, 6) is 0.783. The van der Waals surface area contributed by atoms with Crippen LogP contribution in [-0.4, -0.2) is 40.9 Å². The summed E-state index contributed by atoms with van der Waals surface area (Å²) in [6.07, 6.45) is 2.01. The van der Waals surface area contributed by atoms with Crippen molar-refractivity contribution in [3.63, 3.8) is 0 Å². The van der Waals surface area contributed by atoms with E-state index in [1.54, 1.807) is 0 Å². The molecule has 15 heavy (non-hydrogen) atoms. The molecule has 1 fully saturated rings. The molecule has 2 rings (SSSR count). The van der Waals surface area contributed by atoms with Gasteiger partial charge in [-0.2, -0.15) is 4.98 Å². The molecular formula is C9H17N5O. The lowest BCUT2D eigenvalue weighted by Gasteiger charge is -2.29. The van der Waals surface area contributed by atoms with E-state index in [0.29, 0.717) is 18.7 Å². The lowest BCUT2D eigenvalue weighted by atomic mass is 10.1. The summed E-state index contributed by atoms with van der Waals surface area (Å²) in [5.41, 5.74) is 5.83. The number of aromatic nitrogens is 3. The maximum Gasteiger partial charge on any atom is 0.337 e. The molecule has 0 bridgehead atoms. The highest BCUT2D eigenvalue weighted by molar-refractivity contribution is 5.30. The van der Waals surface area contributed by atoms with Gasteiger partial charge in [-0.15, -0.1) is 5.10 Å². The minimum atomic E-state index is 0.329. The second-order valence-electron chi connectivity index (χ2n) is 3.70. The van der Waals surface area contributed by atoms with E-state index in [9.17, 15) is 0 Å². The molecule has 84 valence electrons. The maximum atomic E-state index is 5.83. The molecular weight excluding hydrogens is 194 g/mol. The van der Waals surface area contributed by atoms with Crippen LogP contribution in [0.4, 0.5) is 5.95 Å². The standard InChI is InChI=1S/C9H17N5O/c1-2-15-9-11-8(12-13-9)14-5-3-7(10)4-6-14/h7H,2-6,10H2,1H3,(H,11,12,13). The maximum absolute atomic E-state index is 5.83. The number of nitrogens with two attached hydrogens (primary N) is 1. The largest absolute Gasteiger partial charge is 0.463 e. The summed E-state index contributed by atoms with van der Waals surface area (Å²) in [6.45, 7) is 4.36. The molecule has 0 amide bonds. The van der Waals surface area contributed by atoms with Crippen LogP contribution in [0.2, 0.25) is 0 Å². The van der Waals surface area contributed by atoms with Gasteiger partial charge in [0, 0.05) is 19.1 Å². The van der Waals surface area contributed by atoms with Crippen molar-refractivity contribution in [2.45, 2.75) is 25.8 Å². The number of piperidine rings is 1. The van der Waals surface area contributed by atoms with Crippen molar-refractivity contribution in [2.75, 3.05) is 24.6 Å². The Bertz CT molecular complexity index is 305. The molecule has 1 aromatic heterocycles. The highest BCUT2D eigenvalue weighted by Crippen LogP contribution is 2.16. The van der Waals surface area contributed by atoms with Crippen molar-refractivity contribution in [2.24, 2.45) is 5.73 Å². The van der Waals surface area contributed by atoms with Gasteiger partial charge in [0.05, 0.1) is 6.61 Å². The monoisotopic (exact) mass is 211 g/mol. The molecule has 0 saturated carbocycles. The molecule has 3 N–H and O–H groups in total. The van der Waals surface area contributed by atoms with E-state index in [4.69, 9.17) is 10.5 Å². The summed E-state index contributed by atoms with van der Waals surface area (Å²) < 4.78 is 5.19. The number of rotatable bonds is 3. The van der Waals surface area contributed by atoms with Crippen molar-refractivity contribution in [3.8, 4) is 6.01 Å². The van der Waals surface area contributed by atoms with Gasteiger partial charge in [0.25, 0.3) is 0 Å². The van der Waals surface area contributed by atoms with E-state index in [1.807, 2.05) is 6.92 Å². The number of nitrogens with zero attached hydrogens (tertiary/aromatic N) is 3. The van der Waals surface area contributed by atoms with E-state index in [-0.39, 0.29) is 0 Å². The Kier molecular flexibility index (Phi) is 3.05. The van der Waals surface area contributed by atoms with Crippen LogP contribution in [0.1, 0.15) is 19.8 Å². The zero-order valence-electron chi connectivity index (χ0n) is 8.94. The molecule has 6 heteroatoms. The Morgan fingerprint density at radius 3 is 2.93 bits per heavy atom. The molecule has 0 aliphatic carbocycles. The molecule has 2 heterocycles. The first-order valence-corrected chi connectivity index (χ1v) is 5.35. The molecule has 0 radical (unpaired) electrons. The van der Waals surface area contributed by atoms with Gasteiger partial charge >= 0.3 is 6.01 Å². The van der Waals surface area contributed by atoms with Gasteiger partial charge in [0.1, 0.15) is 0 Å². The first kappa shape index (κ1) is 10.2. The topological polar surface area (TPSA) is 80.1 Å². The normalized spacial score (nSPS) is 18.1. The zero-order valence-corrected chi connectivity index (χ0v) is 8.94. The summed E-state index contributed by atoms with van der Waals surface area (Å²) in [5, 5.41) is 6.84. The number of H-pyrrole nitrogens is 1. The van der Waals surface area contributed by atoms with Crippen LogP contribution < -0.4 is 15.4 Å². The zero-order chi connectivity index (χ0) is 10.7. The average molecular weight is 211 g/mol. The van der Waals surface area contributed by atoms with E-state index in [1.165, 1.54) is 0 Å². The van der Waals surface area contributed by atoms with E-state index >= 15 is 0 Å². The highest BCUT2D eigenvalue weighted by Gasteiger charge is 2.19. The predicted octanol–water partition coefficient (Wildman–Crippen LogP) is 0.131. The molecule has 1 saturated heterocycles. The summed E-state index contributed by atoms with van der Waals surface area (Å²) in [4.78, 5) is 6.40. The Morgan fingerprint density at radius 2 is 2.27 bits per heavy atom. The van der Waals surface area contributed by atoms with Crippen LogP contribution in [0.15, 0.2) is 0 Å². The molecule has 6 nitrogen and oxygen atoms in total. The Hall–Kier alpha value is -1.30. The second kappa shape index (κ2) is 4.48. The Morgan fingerprint density at radius 1 is 1.53 bits per heavy atom. The van der Waals surface area contributed by atoms with Gasteiger partial charge < -0.3 is 15.4 Å². The van der Waals surface area contributed by atoms with Crippen LogP contribution in [-0.2, 0) is 0 Å². The molecule has 1 aliphatic heterocycles. The average Bonchev–Trinajstić information content (AvgIpc) is 2.68. The van der Waals surface area contributed by atoms with Gasteiger partial charge in [0.2, 0.25) is 5.95 Å². The van der Waals surface area contributed by atoms with Crippen molar-refractivity contribution in [1.82, 2.24) is 15.2 Å². The number of aromatic amines is 1. The van der Waals surface area contributed by atoms with Crippen molar-refractivity contribution in [1.29, 1.82) is 0 Å². The van der Waals surface area contributed by atoms with Crippen LogP contribution in [0, 0.1) is 0 Å². The predicted molar refractivity (Wildman–Crippen MR) is 57.0 cm³/mol. The Labute approximate surface area is 88.8 Å². The van der Waals surface area contributed by atoms with E-state index in [0.717, 1.165) is 31.9 Å². The van der Waals surface area contributed by atoms with Gasteiger partial charge in [-0.3, -0.25) is 0 Å². The van der Waals surface area contributed by atoms with Crippen LogP contribution in [0.25, 0.3) is 0 Å². The molecule has 0 aromatic carbocycles. The number of hydrogen-bond donors (Lipinski definition) is 2. The summed E-state index contributed by atoms with van der Waals surface area (Å²) in [7, 11) is 0. The van der Waals surface area contributed by atoms with E-state index < -0.39 is 0 Å². The van der Waals surface area contributed by atoms with Crippen molar-refractivity contribution >= 4 is 5.95 Å². The van der Waals surface area contributed by atoms with Gasteiger partial charge in [-0.25, -0.2) is 5.10 Å². The number of nitrogens with one attached hydrogen (secondary N) is 1. The minimum absolute atomic E-state index is 0.329. The third kappa shape index (κ3) is 2.38. The number of ether oxygens (including phenoxy) is 1. The van der Waals surface area contributed by atoms with Gasteiger partial charge in [-0.05, 0) is 19.8 Å². The van der Waals surface area contributed by atoms with Gasteiger partial charge in [-0.1, -0.05) is 0 Å². The third-order valence-electron chi connectivity index (χ3n) is 2.57. The number of anilines is 1. The molecule has 1 aromatic rings. The summed E-state index contributed by atoms with van der Waals surface area (Å²) in [6, 6.07) is 0.748. The first-order chi connectivity index (χ1) is 7.29. The molecule has 0 atom stereocenters. The van der Waals surface area contributed by atoms with Crippen molar-refractivity contribution < 1.29 is 4.74 Å². The van der Waals surface area contributed by atoms with Crippen LogP contribution >= 0.6 is 0 Å². The molecule has 1 aliphatic rings. The van der Waals surface area contributed by atoms with Crippen molar-refractivity contribution in [3.05, 3.63) is 0 Å². The lowest BCUT2D eigenvalue weighted by molar-refractivity contribution is 0.314. The van der Waals surface area contributed by atoms with Crippen LogP contribution in [0.3, 0.4) is 0 Å². The fraction of sp³-hybridized carbons (Fsp3) is 0.778. The first-order valence-electron chi connectivity index (χ1n) is 5.35. The third-order valence-corrected chi connectivity index (χ3v) is 2.57. The SMILES string of the molecule is CCOc1n[nH]c(N2CCC(N)CC2)n1. The minimum Gasteiger partial charge on any atom is -0.463 e. The Balaban J connectivity index is 1.96. The highest BCUT2D eigenvalue weighted by atomic mass is 16.5. The van der Waals surface area contributed by atoms with Gasteiger partial charge in [0.15, 0.2) is 0 Å². The quantitative estimate of drug-likeness (QED) is 0.743. The fourth-order valence-corrected chi connectivity index (χ4v) is 1.68.